The fourth-order valence-corrected chi connectivity index (χ4v) is 1.50. The smallest absolute Gasteiger partial charge is 0.164 e. The zero-order valence-corrected chi connectivity index (χ0v) is 10.7. The molecule has 0 aliphatic rings. The summed E-state index contributed by atoms with van der Waals surface area (Å²) in [6.07, 6.45) is 4.23. The van der Waals surface area contributed by atoms with Gasteiger partial charge in [0.25, 0.3) is 0 Å². The van der Waals surface area contributed by atoms with Gasteiger partial charge in [-0.3, -0.25) is 0 Å². The largest absolute Gasteiger partial charge is 0.454 e. The summed E-state index contributed by atoms with van der Waals surface area (Å²) >= 11 is 0. The maximum absolute atomic E-state index is 5.65. The number of nitrogens with zero attached hydrogens (tertiary/aromatic N) is 2. The predicted molar refractivity (Wildman–Crippen MR) is 70.9 cm³/mol. The van der Waals surface area contributed by atoms with E-state index >= 15 is 0 Å². The fraction of sp³-hybridized carbons (Fsp3) is 0.286. The molecule has 0 aliphatic heterocycles. The third kappa shape index (κ3) is 3.53. The Kier molecular flexibility index (Phi) is 4.25. The number of benzene rings is 1. The minimum atomic E-state index is 0.659. The van der Waals surface area contributed by atoms with Crippen LogP contribution in [0, 0.1) is 6.92 Å². The number of hydrogen-bond donors (Lipinski definition) is 1. The predicted octanol–water partition coefficient (Wildman–Crippen LogP) is 2.34. The van der Waals surface area contributed by atoms with Gasteiger partial charge in [0, 0.05) is 13.0 Å². The Morgan fingerprint density at radius 2 is 1.72 bits per heavy atom. The third-order valence-electron chi connectivity index (χ3n) is 2.54. The molecule has 1 aromatic heterocycles. The molecule has 94 valence electrons. The molecule has 0 aliphatic carbocycles. The van der Waals surface area contributed by atoms with Gasteiger partial charge in [-0.15, -0.1) is 0 Å². The Balaban J connectivity index is 1.99. The van der Waals surface area contributed by atoms with E-state index in [9.17, 15) is 0 Å². The lowest BCUT2D eigenvalue weighted by molar-refractivity contribution is 0.476. The number of nitrogens with one attached hydrogen (secondary N) is 1. The van der Waals surface area contributed by atoms with Gasteiger partial charge in [0.15, 0.2) is 5.75 Å². The molecule has 18 heavy (non-hydrogen) atoms. The summed E-state index contributed by atoms with van der Waals surface area (Å²) in [5, 5.41) is 3.06. The summed E-state index contributed by atoms with van der Waals surface area (Å²) in [6.45, 7) is 2.92. The SMILES string of the molecule is CNCCc1ncc(Oc2ccc(C)cc2)cn1. The van der Waals surface area contributed by atoms with Crippen molar-refractivity contribution >= 4 is 0 Å². The van der Waals surface area contributed by atoms with Gasteiger partial charge < -0.3 is 10.1 Å². The lowest BCUT2D eigenvalue weighted by Crippen LogP contribution is -2.12. The van der Waals surface area contributed by atoms with Crippen molar-refractivity contribution in [3.63, 3.8) is 0 Å². The third-order valence-corrected chi connectivity index (χ3v) is 2.54. The van der Waals surface area contributed by atoms with E-state index in [1.165, 1.54) is 5.56 Å². The summed E-state index contributed by atoms with van der Waals surface area (Å²) in [7, 11) is 1.91. The molecule has 4 nitrogen and oxygen atoms in total. The van der Waals surface area contributed by atoms with Gasteiger partial charge in [-0.1, -0.05) is 17.7 Å². The fourth-order valence-electron chi connectivity index (χ4n) is 1.50. The van der Waals surface area contributed by atoms with Crippen molar-refractivity contribution in [2.24, 2.45) is 0 Å². The first-order valence-electron chi connectivity index (χ1n) is 5.98. The Hall–Kier alpha value is -1.94. The van der Waals surface area contributed by atoms with E-state index < -0.39 is 0 Å². The van der Waals surface area contributed by atoms with Crippen LogP contribution >= 0.6 is 0 Å². The summed E-state index contributed by atoms with van der Waals surface area (Å²) in [6, 6.07) is 7.89. The molecule has 0 radical (unpaired) electrons. The summed E-state index contributed by atoms with van der Waals surface area (Å²) < 4.78 is 5.65. The molecule has 0 saturated heterocycles. The van der Waals surface area contributed by atoms with Crippen molar-refractivity contribution in [1.29, 1.82) is 0 Å². The first kappa shape index (κ1) is 12.5. The molecular formula is C14H17N3O. The van der Waals surface area contributed by atoms with Crippen molar-refractivity contribution < 1.29 is 4.74 Å². The van der Waals surface area contributed by atoms with Crippen molar-refractivity contribution in [1.82, 2.24) is 15.3 Å². The van der Waals surface area contributed by atoms with E-state index in [-0.39, 0.29) is 0 Å². The van der Waals surface area contributed by atoms with E-state index in [1.807, 2.05) is 38.2 Å². The lowest BCUT2D eigenvalue weighted by atomic mass is 10.2. The number of likely N-dealkylation sites (N-methyl/N-ethyl adjacent to an activating group) is 1. The minimum Gasteiger partial charge on any atom is -0.454 e. The molecule has 1 aromatic carbocycles. The van der Waals surface area contributed by atoms with Gasteiger partial charge in [-0.2, -0.15) is 0 Å². The monoisotopic (exact) mass is 243 g/mol. The first-order valence-corrected chi connectivity index (χ1v) is 5.98. The number of hydrogen-bond acceptors (Lipinski definition) is 4. The van der Waals surface area contributed by atoms with Crippen LogP contribution in [-0.4, -0.2) is 23.6 Å². The van der Waals surface area contributed by atoms with Crippen LogP contribution < -0.4 is 10.1 Å². The normalized spacial score (nSPS) is 10.3. The van der Waals surface area contributed by atoms with E-state index in [2.05, 4.69) is 15.3 Å². The molecule has 4 heteroatoms. The van der Waals surface area contributed by atoms with Gasteiger partial charge >= 0.3 is 0 Å². The maximum atomic E-state index is 5.65. The van der Waals surface area contributed by atoms with Crippen LogP contribution in [0.3, 0.4) is 0 Å². The van der Waals surface area contributed by atoms with Crippen LogP contribution in [0.1, 0.15) is 11.4 Å². The van der Waals surface area contributed by atoms with E-state index in [0.29, 0.717) is 5.75 Å². The van der Waals surface area contributed by atoms with Gasteiger partial charge in [-0.05, 0) is 26.1 Å². The van der Waals surface area contributed by atoms with Crippen LogP contribution in [0.25, 0.3) is 0 Å². The Labute approximate surface area is 107 Å². The van der Waals surface area contributed by atoms with Crippen LogP contribution in [0.15, 0.2) is 36.7 Å². The van der Waals surface area contributed by atoms with E-state index in [4.69, 9.17) is 4.74 Å². The van der Waals surface area contributed by atoms with Gasteiger partial charge in [0.2, 0.25) is 0 Å². The molecule has 2 rings (SSSR count). The molecule has 1 heterocycles. The molecule has 0 amide bonds. The summed E-state index contributed by atoms with van der Waals surface area (Å²) in [5.74, 6) is 2.28. The molecule has 0 saturated carbocycles. The van der Waals surface area contributed by atoms with Gasteiger partial charge in [0.05, 0.1) is 12.4 Å². The lowest BCUT2D eigenvalue weighted by Gasteiger charge is -2.05. The number of ether oxygens (including phenoxy) is 1. The van der Waals surface area contributed by atoms with E-state index in [1.54, 1.807) is 12.4 Å². The molecule has 0 atom stereocenters. The van der Waals surface area contributed by atoms with Crippen LogP contribution in [0.5, 0.6) is 11.5 Å². The average molecular weight is 243 g/mol. The standard InChI is InChI=1S/C14H17N3O/c1-11-3-5-12(6-4-11)18-13-9-16-14(17-10-13)7-8-15-2/h3-6,9-10,15H,7-8H2,1-2H3. The molecule has 2 aromatic rings. The number of aryl methyl sites for hydroxylation is 1. The highest BCUT2D eigenvalue weighted by Crippen LogP contribution is 2.19. The van der Waals surface area contributed by atoms with Crippen molar-refractivity contribution in [2.75, 3.05) is 13.6 Å². The molecule has 0 fully saturated rings. The van der Waals surface area contributed by atoms with Crippen molar-refractivity contribution in [3.05, 3.63) is 48.0 Å². The average Bonchev–Trinajstić information content (AvgIpc) is 2.41. The second-order valence-corrected chi connectivity index (χ2v) is 4.10. The topological polar surface area (TPSA) is 47.0 Å². The van der Waals surface area contributed by atoms with Crippen LogP contribution in [-0.2, 0) is 6.42 Å². The summed E-state index contributed by atoms with van der Waals surface area (Å²) in [4.78, 5) is 8.51. The second-order valence-electron chi connectivity index (χ2n) is 4.10. The quantitative estimate of drug-likeness (QED) is 0.875. The van der Waals surface area contributed by atoms with Gasteiger partial charge in [0.1, 0.15) is 11.6 Å². The first-order chi connectivity index (χ1) is 8.78. The number of rotatable bonds is 5. The molecular weight excluding hydrogens is 226 g/mol. The second kappa shape index (κ2) is 6.12. The summed E-state index contributed by atoms with van der Waals surface area (Å²) in [5.41, 5.74) is 1.21. The zero-order chi connectivity index (χ0) is 12.8. The van der Waals surface area contributed by atoms with Crippen LogP contribution in [0.4, 0.5) is 0 Å². The maximum Gasteiger partial charge on any atom is 0.164 e. The Morgan fingerprint density at radius 1 is 1.06 bits per heavy atom. The van der Waals surface area contributed by atoms with Crippen molar-refractivity contribution in [2.45, 2.75) is 13.3 Å². The highest BCUT2D eigenvalue weighted by Gasteiger charge is 2.00. The van der Waals surface area contributed by atoms with Crippen molar-refractivity contribution in [3.8, 4) is 11.5 Å². The highest BCUT2D eigenvalue weighted by atomic mass is 16.5. The van der Waals surface area contributed by atoms with Crippen LogP contribution in [0.2, 0.25) is 0 Å². The Morgan fingerprint density at radius 3 is 2.33 bits per heavy atom. The highest BCUT2D eigenvalue weighted by molar-refractivity contribution is 5.30. The van der Waals surface area contributed by atoms with E-state index in [0.717, 1.165) is 24.5 Å². The molecule has 1 N–H and O–H groups in total. The minimum absolute atomic E-state index is 0.659. The van der Waals surface area contributed by atoms with Gasteiger partial charge in [-0.25, -0.2) is 9.97 Å². The molecule has 0 bridgehead atoms. The Bertz CT molecular complexity index is 479. The number of aromatic nitrogens is 2. The molecule has 0 unspecified atom stereocenters. The zero-order valence-electron chi connectivity index (χ0n) is 10.7. The molecule has 0 spiro atoms.